The van der Waals surface area contributed by atoms with Gasteiger partial charge in [-0.3, -0.25) is 4.90 Å². The molecule has 0 spiro atoms. The molecule has 1 aliphatic heterocycles. The summed E-state index contributed by atoms with van der Waals surface area (Å²) < 4.78 is 0. The van der Waals surface area contributed by atoms with Crippen molar-refractivity contribution in [3.63, 3.8) is 0 Å². The maximum absolute atomic E-state index is 5.96. The molecule has 0 aliphatic carbocycles. The minimum atomic E-state index is 0.292. The summed E-state index contributed by atoms with van der Waals surface area (Å²) in [4.78, 5) is 2.56. The average molecular weight is 212 g/mol. The molecule has 0 bridgehead atoms. The molecule has 2 atom stereocenters. The third kappa shape index (κ3) is 2.94. The minimum absolute atomic E-state index is 0.292. The van der Waals surface area contributed by atoms with Crippen LogP contribution in [0.5, 0.6) is 0 Å². The Morgan fingerprint density at radius 3 is 1.93 bits per heavy atom. The molecular formula is C13H28N2. The highest BCUT2D eigenvalue weighted by molar-refractivity contribution is 4.87. The molecule has 90 valence electrons. The quantitative estimate of drug-likeness (QED) is 0.776. The molecule has 1 saturated heterocycles. The molecule has 2 heteroatoms. The van der Waals surface area contributed by atoms with Gasteiger partial charge < -0.3 is 5.73 Å². The summed E-state index contributed by atoms with van der Waals surface area (Å²) in [5.74, 6) is 0. The third-order valence-electron chi connectivity index (χ3n) is 4.70. The van der Waals surface area contributed by atoms with E-state index in [0.29, 0.717) is 17.5 Å². The van der Waals surface area contributed by atoms with Crippen molar-refractivity contribution in [2.45, 2.75) is 65.5 Å². The highest BCUT2D eigenvalue weighted by atomic mass is 15.2. The van der Waals surface area contributed by atoms with Crippen molar-refractivity contribution < 1.29 is 0 Å². The van der Waals surface area contributed by atoms with E-state index in [9.17, 15) is 0 Å². The van der Waals surface area contributed by atoms with E-state index in [1.165, 1.54) is 38.8 Å². The molecule has 2 nitrogen and oxygen atoms in total. The van der Waals surface area contributed by atoms with E-state index in [0.717, 1.165) is 0 Å². The Morgan fingerprint density at radius 2 is 1.60 bits per heavy atom. The summed E-state index contributed by atoms with van der Waals surface area (Å²) in [5.41, 5.74) is 6.59. The SMILES string of the molecule is CCC1(CC)CCN(C(C)C(C)N)CC1. The zero-order valence-electron chi connectivity index (χ0n) is 10.9. The van der Waals surface area contributed by atoms with Crippen LogP contribution in [0.2, 0.25) is 0 Å². The molecule has 0 aromatic rings. The van der Waals surface area contributed by atoms with Crippen molar-refractivity contribution in [3.05, 3.63) is 0 Å². The molecule has 0 aromatic heterocycles. The maximum atomic E-state index is 5.96. The first-order valence-electron chi connectivity index (χ1n) is 6.54. The van der Waals surface area contributed by atoms with Gasteiger partial charge in [-0.25, -0.2) is 0 Å². The second-order valence-corrected chi connectivity index (χ2v) is 5.34. The van der Waals surface area contributed by atoms with Gasteiger partial charge in [0.25, 0.3) is 0 Å². The standard InChI is InChI=1S/C13H28N2/c1-5-13(6-2)7-9-15(10-8-13)12(4)11(3)14/h11-12H,5-10,14H2,1-4H3. The van der Waals surface area contributed by atoms with Crippen molar-refractivity contribution >= 4 is 0 Å². The zero-order chi connectivity index (χ0) is 11.5. The number of nitrogens with zero attached hydrogens (tertiary/aromatic N) is 1. The zero-order valence-corrected chi connectivity index (χ0v) is 10.9. The molecule has 0 aromatic carbocycles. The van der Waals surface area contributed by atoms with Crippen molar-refractivity contribution in [3.8, 4) is 0 Å². The van der Waals surface area contributed by atoms with Crippen LogP contribution in [0, 0.1) is 5.41 Å². The molecule has 1 fully saturated rings. The Kier molecular flexibility index (Phi) is 4.60. The van der Waals surface area contributed by atoms with Crippen LogP contribution in [0.15, 0.2) is 0 Å². The van der Waals surface area contributed by atoms with Crippen molar-refractivity contribution in [1.29, 1.82) is 0 Å². The maximum Gasteiger partial charge on any atom is 0.0216 e. The van der Waals surface area contributed by atoms with Crippen molar-refractivity contribution in [1.82, 2.24) is 4.90 Å². The second-order valence-electron chi connectivity index (χ2n) is 5.34. The monoisotopic (exact) mass is 212 g/mol. The van der Waals surface area contributed by atoms with Gasteiger partial charge in [0.15, 0.2) is 0 Å². The van der Waals surface area contributed by atoms with Gasteiger partial charge in [0.1, 0.15) is 0 Å². The van der Waals surface area contributed by atoms with E-state index >= 15 is 0 Å². The molecule has 0 amide bonds. The van der Waals surface area contributed by atoms with Crippen molar-refractivity contribution in [2.24, 2.45) is 11.1 Å². The lowest BCUT2D eigenvalue weighted by Crippen LogP contribution is -2.49. The Labute approximate surface area is 95.2 Å². The molecular weight excluding hydrogens is 184 g/mol. The highest BCUT2D eigenvalue weighted by Crippen LogP contribution is 2.38. The van der Waals surface area contributed by atoms with E-state index in [4.69, 9.17) is 5.73 Å². The summed E-state index contributed by atoms with van der Waals surface area (Å²) in [6.45, 7) is 11.5. The number of piperidine rings is 1. The van der Waals surface area contributed by atoms with Gasteiger partial charge in [0.2, 0.25) is 0 Å². The van der Waals surface area contributed by atoms with Crippen LogP contribution in [-0.4, -0.2) is 30.1 Å². The first-order chi connectivity index (χ1) is 7.04. The molecule has 15 heavy (non-hydrogen) atoms. The molecule has 1 rings (SSSR count). The fourth-order valence-electron chi connectivity index (χ4n) is 2.70. The van der Waals surface area contributed by atoms with Crippen LogP contribution in [-0.2, 0) is 0 Å². The Bertz CT molecular complexity index is 175. The van der Waals surface area contributed by atoms with Crippen LogP contribution in [0.3, 0.4) is 0 Å². The number of likely N-dealkylation sites (tertiary alicyclic amines) is 1. The topological polar surface area (TPSA) is 29.3 Å². The second kappa shape index (κ2) is 5.31. The van der Waals surface area contributed by atoms with Gasteiger partial charge >= 0.3 is 0 Å². The van der Waals surface area contributed by atoms with Crippen LogP contribution < -0.4 is 5.73 Å². The minimum Gasteiger partial charge on any atom is -0.327 e. The Hall–Kier alpha value is -0.0800. The molecule has 1 aliphatic rings. The number of rotatable bonds is 4. The number of hydrogen-bond donors (Lipinski definition) is 1. The van der Waals surface area contributed by atoms with Gasteiger partial charge in [-0.2, -0.15) is 0 Å². The fourth-order valence-corrected chi connectivity index (χ4v) is 2.70. The largest absolute Gasteiger partial charge is 0.327 e. The van der Waals surface area contributed by atoms with Gasteiger partial charge in [0.05, 0.1) is 0 Å². The van der Waals surface area contributed by atoms with E-state index in [1.807, 2.05) is 0 Å². The molecule has 2 N–H and O–H groups in total. The van der Waals surface area contributed by atoms with Crippen LogP contribution in [0.1, 0.15) is 53.4 Å². The van der Waals surface area contributed by atoms with Crippen molar-refractivity contribution in [2.75, 3.05) is 13.1 Å². The van der Waals surface area contributed by atoms with Crippen LogP contribution >= 0.6 is 0 Å². The Morgan fingerprint density at radius 1 is 1.13 bits per heavy atom. The smallest absolute Gasteiger partial charge is 0.0216 e. The van der Waals surface area contributed by atoms with Gasteiger partial charge in [0, 0.05) is 12.1 Å². The predicted octanol–water partition coefficient (Wildman–Crippen LogP) is 2.62. The first kappa shape index (κ1) is 13.0. The summed E-state index contributed by atoms with van der Waals surface area (Å²) in [6.07, 6.45) is 5.39. The lowest BCUT2D eigenvalue weighted by molar-refractivity contribution is 0.0650. The number of hydrogen-bond acceptors (Lipinski definition) is 2. The molecule has 1 heterocycles. The van der Waals surface area contributed by atoms with Crippen LogP contribution in [0.25, 0.3) is 0 Å². The summed E-state index contributed by atoms with van der Waals surface area (Å²) in [7, 11) is 0. The third-order valence-corrected chi connectivity index (χ3v) is 4.70. The van der Waals surface area contributed by atoms with Gasteiger partial charge in [-0.1, -0.05) is 26.7 Å². The lowest BCUT2D eigenvalue weighted by atomic mass is 9.74. The summed E-state index contributed by atoms with van der Waals surface area (Å²) in [5, 5.41) is 0. The van der Waals surface area contributed by atoms with Gasteiger partial charge in [-0.05, 0) is 45.2 Å². The fraction of sp³-hybridized carbons (Fsp3) is 1.00. The van der Waals surface area contributed by atoms with Crippen LogP contribution in [0.4, 0.5) is 0 Å². The average Bonchev–Trinajstić information content (AvgIpc) is 2.28. The van der Waals surface area contributed by atoms with E-state index < -0.39 is 0 Å². The first-order valence-corrected chi connectivity index (χ1v) is 6.54. The lowest BCUT2D eigenvalue weighted by Gasteiger charge is -2.44. The normalized spacial score (nSPS) is 26.2. The number of nitrogens with two attached hydrogens (primary N) is 1. The van der Waals surface area contributed by atoms with E-state index in [1.54, 1.807) is 0 Å². The summed E-state index contributed by atoms with van der Waals surface area (Å²) in [6, 6.07) is 0.831. The Balaban J connectivity index is 2.48. The molecule has 0 radical (unpaired) electrons. The summed E-state index contributed by atoms with van der Waals surface area (Å²) >= 11 is 0. The van der Waals surface area contributed by atoms with Gasteiger partial charge in [-0.15, -0.1) is 0 Å². The van der Waals surface area contributed by atoms with E-state index in [-0.39, 0.29) is 0 Å². The van der Waals surface area contributed by atoms with E-state index in [2.05, 4.69) is 32.6 Å². The molecule has 2 unspecified atom stereocenters. The molecule has 0 saturated carbocycles. The predicted molar refractivity (Wildman–Crippen MR) is 66.9 cm³/mol. The highest BCUT2D eigenvalue weighted by Gasteiger charge is 2.33.